The van der Waals surface area contributed by atoms with Crippen LogP contribution in [0.5, 0.6) is 5.75 Å². The molecule has 0 unspecified atom stereocenters. The van der Waals surface area contributed by atoms with E-state index in [0.717, 1.165) is 10.8 Å². The molecular weight excluding hydrogens is 294 g/mol. The molecule has 23 heavy (non-hydrogen) atoms. The predicted molar refractivity (Wildman–Crippen MR) is 90.8 cm³/mol. The molecule has 3 nitrogen and oxygen atoms in total. The van der Waals surface area contributed by atoms with Crippen molar-refractivity contribution in [1.29, 1.82) is 0 Å². The maximum absolute atomic E-state index is 14.7. The molecule has 1 N–H and O–H groups in total. The molecule has 2 aromatic carbocycles. The monoisotopic (exact) mass is 314 g/mol. The van der Waals surface area contributed by atoms with Crippen LogP contribution in [0, 0.1) is 0 Å². The lowest BCUT2D eigenvalue weighted by Crippen LogP contribution is -2.41. The molecule has 0 atom stereocenters. The van der Waals surface area contributed by atoms with Gasteiger partial charge in [-0.05, 0) is 50.6 Å². The molecule has 1 aliphatic rings. The highest BCUT2D eigenvalue weighted by Gasteiger charge is 2.53. The highest BCUT2D eigenvalue weighted by atomic mass is 19.1. The highest BCUT2D eigenvalue weighted by molar-refractivity contribution is 6.54. The quantitative estimate of drug-likeness (QED) is 0.830. The summed E-state index contributed by atoms with van der Waals surface area (Å²) in [7, 11) is -1.07. The minimum absolute atomic E-state index is 0.0235. The van der Waals surface area contributed by atoms with Crippen molar-refractivity contribution in [3.8, 4) is 5.75 Å². The van der Waals surface area contributed by atoms with Crippen molar-refractivity contribution in [3.05, 3.63) is 47.7 Å². The molecule has 1 saturated heterocycles. The minimum atomic E-state index is -1.07. The van der Waals surface area contributed by atoms with Gasteiger partial charge in [-0.3, -0.25) is 0 Å². The van der Waals surface area contributed by atoms with E-state index in [0.29, 0.717) is 5.56 Å². The van der Waals surface area contributed by atoms with Crippen molar-refractivity contribution < 1.29 is 18.8 Å². The third-order valence-electron chi connectivity index (χ3n) is 4.71. The first kappa shape index (κ1) is 16.0. The van der Waals surface area contributed by atoms with Crippen LogP contribution in [0.4, 0.5) is 4.39 Å². The summed E-state index contributed by atoms with van der Waals surface area (Å²) in [6.45, 7) is 7.48. The fourth-order valence-corrected chi connectivity index (χ4v) is 2.60. The number of phenolic OH excluding ortho intramolecular Hbond substituents is 1. The maximum Gasteiger partial charge on any atom is 0.525 e. The van der Waals surface area contributed by atoms with Gasteiger partial charge in [0.05, 0.1) is 11.2 Å². The third kappa shape index (κ3) is 2.75. The van der Waals surface area contributed by atoms with Crippen LogP contribution in [0.1, 0.15) is 33.3 Å². The van der Waals surface area contributed by atoms with Crippen LogP contribution >= 0.6 is 0 Å². The maximum atomic E-state index is 14.7. The normalized spacial score (nSPS) is 20.2. The van der Waals surface area contributed by atoms with Gasteiger partial charge < -0.3 is 14.4 Å². The molecule has 0 amide bonds. The second-order valence-corrected chi connectivity index (χ2v) is 6.84. The Morgan fingerprint density at radius 1 is 1.04 bits per heavy atom. The standard InChI is InChI=1S/C18H20BFO3/c1-17(2)18(3,4)23-19(22-17)16(20)11-14-13-8-6-5-7-12(13)9-10-15(14)21/h5-11,21H,1-4H3. The van der Waals surface area contributed by atoms with Crippen LogP contribution in [-0.2, 0) is 9.31 Å². The number of fused-ring (bicyclic) bond motifs is 1. The summed E-state index contributed by atoms with van der Waals surface area (Å²) in [5.74, 6) is 0.0235. The molecule has 1 heterocycles. The van der Waals surface area contributed by atoms with Crippen LogP contribution in [0.25, 0.3) is 16.8 Å². The summed E-state index contributed by atoms with van der Waals surface area (Å²) < 4.78 is 26.1. The van der Waals surface area contributed by atoms with Crippen molar-refractivity contribution in [3.63, 3.8) is 0 Å². The number of halogens is 1. The van der Waals surface area contributed by atoms with Crippen LogP contribution in [-0.4, -0.2) is 23.4 Å². The Hall–Kier alpha value is -1.85. The molecule has 0 saturated carbocycles. The molecule has 0 spiro atoms. The van der Waals surface area contributed by atoms with Gasteiger partial charge in [-0.2, -0.15) is 0 Å². The molecule has 0 aromatic heterocycles. The van der Waals surface area contributed by atoms with Crippen LogP contribution in [0.2, 0.25) is 0 Å². The first-order valence-electron chi connectivity index (χ1n) is 7.65. The smallest absolute Gasteiger partial charge is 0.507 e. The van der Waals surface area contributed by atoms with Gasteiger partial charge in [0.25, 0.3) is 0 Å². The fourth-order valence-electron chi connectivity index (χ4n) is 2.60. The topological polar surface area (TPSA) is 38.7 Å². The number of hydrogen-bond acceptors (Lipinski definition) is 3. The van der Waals surface area contributed by atoms with Crippen LogP contribution in [0.15, 0.2) is 42.1 Å². The van der Waals surface area contributed by atoms with Crippen molar-refractivity contribution in [2.45, 2.75) is 38.9 Å². The van der Waals surface area contributed by atoms with E-state index in [1.165, 1.54) is 6.08 Å². The van der Waals surface area contributed by atoms with Gasteiger partial charge in [0, 0.05) is 5.56 Å². The average molecular weight is 314 g/mol. The molecule has 1 fully saturated rings. The van der Waals surface area contributed by atoms with E-state index in [4.69, 9.17) is 9.31 Å². The van der Waals surface area contributed by atoms with Gasteiger partial charge in [-0.15, -0.1) is 0 Å². The van der Waals surface area contributed by atoms with Crippen molar-refractivity contribution in [2.24, 2.45) is 0 Å². The van der Waals surface area contributed by atoms with Gasteiger partial charge >= 0.3 is 7.12 Å². The zero-order chi connectivity index (χ0) is 16.8. The summed E-state index contributed by atoms with van der Waals surface area (Å²) in [6.07, 6.45) is 1.29. The van der Waals surface area contributed by atoms with Crippen molar-refractivity contribution in [2.75, 3.05) is 0 Å². The molecule has 0 bridgehead atoms. The van der Waals surface area contributed by atoms with Crippen molar-refractivity contribution in [1.82, 2.24) is 0 Å². The van der Waals surface area contributed by atoms with Gasteiger partial charge in [0.1, 0.15) is 11.5 Å². The second kappa shape index (κ2) is 5.36. The van der Waals surface area contributed by atoms with Crippen molar-refractivity contribution >= 4 is 24.0 Å². The molecule has 0 radical (unpaired) electrons. The Labute approximate surface area is 135 Å². The molecule has 1 aliphatic heterocycles. The Balaban J connectivity index is 2.01. The van der Waals surface area contributed by atoms with Gasteiger partial charge in [0.2, 0.25) is 0 Å². The van der Waals surface area contributed by atoms with E-state index >= 15 is 0 Å². The molecule has 5 heteroatoms. The van der Waals surface area contributed by atoms with E-state index < -0.39 is 24.0 Å². The van der Waals surface area contributed by atoms with Gasteiger partial charge in [-0.1, -0.05) is 30.3 Å². The zero-order valence-corrected chi connectivity index (χ0v) is 13.8. The van der Waals surface area contributed by atoms with E-state index in [-0.39, 0.29) is 5.75 Å². The first-order valence-corrected chi connectivity index (χ1v) is 7.65. The molecule has 0 aliphatic carbocycles. The molecule has 120 valence electrons. The summed E-state index contributed by atoms with van der Waals surface area (Å²) in [6, 6.07) is 10.9. The third-order valence-corrected chi connectivity index (χ3v) is 4.71. The number of rotatable bonds is 2. The number of benzene rings is 2. The lowest BCUT2D eigenvalue weighted by atomic mass is 9.86. The average Bonchev–Trinajstić information content (AvgIpc) is 2.70. The van der Waals surface area contributed by atoms with Crippen LogP contribution in [0.3, 0.4) is 0 Å². The number of hydrogen-bond donors (Lipinski definition) is 1. The van der Waals surface area contributed by atoms with E-state index in [2.05, 4.69) is 0 Å². The van der Waals surface area contributed by atoms with Crippen LogP contribution < -0.4 is 0 Å². The highest BCUT2D eigenvalue weighted by Crippen LogP contribution is 2.39. The van der Waals surface area contributed by atoms with Gasteiger partial charge in [0.15, 0.2) is 0 Å². The van der Waals surface area contributed by atoms with E-state index in [9.17, 15) is 9.50 Å². The summed E-state index contributed by atoms with van der Waals surface area (Å²) in [5.41, 5.74) is -1.35. The zero-order valence-electron chi connectivity index (χ0n) is 13.8. The second-order valence-electron chi connectivity index (χ2n) is 6.84. The fraction of sp³-hybridized carbons (Fsp3) is 0.333. The van der Waals surface area contributed by atoms with Gasteiger partial charge in [-0.25, -0.2) is 4.39 Å². The summed E-state index contributed by atoms with van der Waals surface area (Å²) >= 11 is 0. The predicted octanol–water partition coefficient (Wildman–Crippen LogP) is 4.49. The summed E-state index contributed by atoms with van der Waals surface area (Å²) in [5, 5.41) is 11.8. The molecular formula is C18H20BFO3. The number of phenols is 1. The Kier molecular flexibility index (Phi) is 3.73. The molecule has 2 aromatic rings. The number of aromatic hydroxyl groups is 1. The van der Waals surface area contributed by atoms with E-state index in [1.54, 1.807) is 12.1 Å². The SMILES string of the molecule is CC1(C)OB(C(F)=Cc2c(O)ccc3ccccc23)OC1(C)C. The Morgan fingerprint density at radius 3 is 2.30 bits per heavy atom. The Bertz CT molecular complexity index is 767. The lowest BCUT2D eigenvalue weighted by molar-refractivity contribution is 0.00578. The lowest BCUT2D eigenvalue weighted by Gasteiger charge is -2.32. The molecule has 3 rings (SSSR count). The minimum Gasteiger partial charge on any atom is -0.507 e. The Morgan fingerprint density at radius 2 is 1.65 bits per heavy atom. The summed E-state index contributed by atoms with van der Waals surface area (Å²) in [4.78, 5) is 0. The largest absolute Gasteiger partial charge is 0.525 e. The van der Waals surface area contributed by atoms with E-state index in [1.807, 2.05) is 52.0 Å². The first-order chi connectivity index (χ1) is 10.7.